The number of nitrogens with one attached hydrogen (secondary N) is 2. The number of amides is 2. The van der Waals surface area contributed by atoms with Crippen LogP contribution in [0.4, 0.5) is 11.6 Å². The van der Waals surface area contributed by atoms with Gasteiger partial charge in [0.1, 0.15) is 11.6 Å². The molecule has 33 heavy (non-hydrogen) atoms. The summed E-state index contributed by atoms with van der Waals surface area (Å²) in [5, 5.41) is 6.06. The van der Waals surface area contributed by atoms with Crippen LogP contribution in [0.2, 0.25) is 5.02 Å². The van der Waals surface area contributed by atoms with E-state index in [4.69, 9.17) is 21.1 Å². The lowest BCUT2D eigenvalue weighted by molar-refractivity contribution is -0.111. The van der Waals surface area contributed by atoms with Crippen molar-refractivity contribution in [3.63, 3.8) is 0 Å². The molecule has 11 heteroatoms. The third-order valence-electron chi connectivity index (χ3n) is 4.31. The Kier molecular flexibility index (Phi) is 11.5. The van der Waals surface area contributed by atoms with Crippen molar-refractivity contribution < 1.29 is 19.1 Å². The van der Waals surface area contributed by atoms with Gasteiger partial charge in [-0.05, 0) is 43.7 Å². The van der Waals surface area contributed by atoms with Gasteiger partial charge in [0.15, 0.2) is 0 Å². The zero-order chi connectivity index (χ0) is 24.1. The molecule has 2 aromatic rings. The minimum Gasteiger partial charge on any atom is -0.474 e. The lowest BCUT2D eigenvalue weighted by Gasteiger charge is -2.20. The number of halogens is 1. The Morgan fingerprint density at radius 3 is 2.70 bits per heavy atom. The highest BCUT2D eigenvalue weighted by atomic mass is 35.5. The van der Waals surface area contributed by atoms with E-state index in [1.54, 1.807) is 29.2 Å². The Bertz CT molecular complexity index is 930. The highest BCUT2D eigenvalue weighted by molar-refractivity contribution is 7.80. The maximum atomic E-state index is 12.7. The van der Waals surface area contributed by atoms with Gasteiger partial charge in [-0.3, -0.25) is 9.59 Å². The first kappa shape index (κ1) is 26.4. The van der Waals surface area contributed by atoms with Crippen LogP contribution in [0.3, 0.4) is 0 Å². The SMILES string of the molecule is C=CC(=O)Nc1ccc(C(=O)N(CS)CCCNc2ncc(Cl)c(OCCOCC)n2)cc1. The molecule has 2 N–H and O–H groups in total. The van der Waals surface area contributed by atoms with Gasteiger partial charge in [-0.25, -0.2) is 4.98 Å². The number of anilines is 2. The number of nitrogens with zero attached hydrogens (tertiary/aromatic N) is 3. The van der Waals surface area contributed by atoms with Crippen molar-refractivity contribution in [2.24, 2.45) is 0 Å². The lowest BCUT2D eigenvalue weighted by atomic mass is 10.1. The van der Waals surface area contributed by atoms with Gasteiger partial charge in [0.05, 0.1) is 18.7 Å². The molecule has 178 valence electrons. The molecular weight excluding hydrogens is 466 g/mol. The molecule has 2 amide bonds. The number of ether oxygens (including phenoxy) is 2. The molecule has 0 aliphatic carbocycles. The van der Waals surface area contributed by atoms with E-state index >= 15 is 0 Å². The van der Waals surface area contributed by atoms with Gasteiger partial charge >= 0.3 is 0 Å². The predicted molar refractivity (Wildman–Crippen MR) is 132 cm³/mol. The molecule has 0 fully saturated rings. The van der Waals surface area contributed by atoms with Crippen molar-refractivity contribution in [2.75, 3.05) is 49.4 Å². The summed E-state index contributed by atoms with van der Waals surface area (Å²) in [5.41, 5.74) is 1.09. The molecule has 1 aromatic carbocycles. The van der Waals surface area contributed by atoms with Crippen LogP contribution in [0.15, 0.2) is 43.1 Å². The summed E-state index contributed by atoms with van der Waals surface area (Å²) in [6.07, 6.45) is 3.30. The molecule has 0 unspecified atom stereocenters. The Balaban J connectivity index is 1.83. The first-order chi connectivity index (χ1) is 16.0. The number of hydrogen-bond donors (Lipinski definition) is 3. The van der Waals surface area contributed by atoms with E-state index in [0.717, 1.165) is 0 Å². The van der Waals surface area contributed by atoms with Gasteiger partial charge in [0.25, 0.3) is 5.91 Å². The molecule has 0 atom stereocenters. The summed E-state index contributed by atoms with van der Waals surface area (Å²) in [6.45, 7) is 7.72. The van der Waals surface area contributed by atoms with Crippen LogP contribution < -0.4 is 15.4 Å². The first-order valence-corrected chi connectivity index (χ1v) is 11.4. The minimum atomic E-state index is -0.313. The van der Waals surface area contributed by atoms with Gasteiger partial charge < -0.3 is 25.0 Å². The zero-order valence-corrected chi connectivity index (χ0v) is 20.1. The standard InChI is InChI=1S/C22H28ClN5O4S/c1-3-19(29)26-17-8-6-16(7-9-17)21(30)28(15-33)11-5-10-24-22-25-14-18(23)20(27-22)32-13-12-31-4-2/h3,6-9,14,33H,1,4-5,10-13,15H2,2H3,(H,26,29)(H,24,25,27). The molecule has 1 aromatic heterocycles. The summed E-state index contributed by atoms with van der Waals surface area (Å²) < 4.78 is 10.7. The van der Waals surface area contributed by atoms with E-state index in [9.17, 15) is 9.59 Å². The fourth-order valence-corrected chi connectivity index (χ4v) is 3.07. The lowest BCUT2D eigenvalue weighted by Crippen LogP contribution is -2.32. The number of thiol groups is 1. The molecule has 1 heterocycles. The molecule has 0 spiro atoms. The largest absolute Gasteiger partial charge is 0.474 e. The molecule has 0 saturated heterocycles. The molecule has 0 saturated carbocycles. The summed E-state index contributed by atoms with van der Waals surface area (Å²) >= 11 is 10.3. The highest BCUT2D eigenvalue weighted by Crippen LogP contribution is 2.21. The van der Waals surface area contributed by atoms with Crippen molar-refractivity contribution in [3.8, 4) is 5.88 Å². The van der Waals surface area contributed by atoms with Crippen molar-refractivity contribution in [1.82, 2.24) is 14.9 Å². The van der Waals surface area contributed by atoms with E-state index in [-0.39, 0.29) is 23.6 Å². The van der Waals surface area contributed by atoms with Gasteiger partial charge in [0.2, 0.25) is 17.7 Å². The second kappa shape index (κ2) is 14.4. The zero-order valence-electron chi connectivity index (χ0n) is 18.4. The van der Waals surface area contributed by atoms with E-state index in [0.29, 0.717) is 61.6 Å². The second-order valence-corrected chi connectivity index (χ2v) is 7.34. The molecule has 0 radical (unpaired) electrons. The Morgan fingerprint density at radius 2 is 2.03 bits per heavy atom. The van der Waals surface area contributed by atoms with Crippen molar-refractivity contribution in [3.05, 3.63) is 53.7 Å². The van der Waals surface area contributed by atoms with Gasteiger partial charge in [-0.1, -0.05) is 18.2 Å². The van der Waals surface area contributed by atoms with Gasteiger partial charge in [-0.15, -0.1) is 0 Å². The molecule has 2 rings (SSSR count). The van der Waals surface area contributed by atoms with Crippen LogP contribution in [0.5, 0.6) is 5.88 Å². The van der Waals surface area contributed by atoms with Crippen LogP contribution in [-0.2, 0) is 9.53 Å². The summed E-state index contributed by atoms with van der Waals surface area (Å²) in [6, 6.07) is 6.65. The first-order valence-electron chi connectivity index (χ1n) is 10.4. The van der Waals surface area contributed by atoms with E-state index in [1.165, 1.54) is 12.3 Å². The number of aromatic nitrogens is 2. The summed E-state index contributed by atoms with van der Waals surface area (Å²) in [4.78, 5) is 34.1. The number of carbonyl (C=O) groups is 2. The Hall–Kier alpha value is -2.82. The summed E-state index contributed by atoms with van der Waals surface area (Å²) in [5.74, 6) is 0.468. The maximum absolute atomic E-state index is 12.7. The molecule has 0 bridgehead atoms. The third kappa shape index (κ3) is 8.91. The summed E-state index contributed by atoms with van der Waals surface area (Å²) in [7, 11) is 0. The molecule has 0 aliphatic rings. The predicted octanol–water partition coefficient (Wildman–Crippen LogP) is 3.50. The average Bonchev–Trinajstić information content (AvgIpc) is 2.83. The fourth-order valence-electron chi connectivity index (χ4n) is 2.66. The second-order valence-electron chi connectivity index (χ2n) is 6.65. The van der Waals surface area contributed by atoms with E-state index in [1.807, 2.05) is 6.92 Å². The Labute approximate surface area is 203 Å². The van der Waals surface area contributed by atoms with E-state index in [2.05, 4.69) is 39.8 Å². The third-order valence-corrected chi connectivity index (χ3v) is 4.91. The van der Waals surface area contributed by atoms with Gasteiger partial charge in [0, 0.05) is 30.9 Å². The van der Waals surface area contributed by atoms with Crippen LogP contribution in [0.1, 0.15) is 23.7 Å². The van der Waals surface area contributed by atoms with Crippen LogP contribution in [0.25, 0.3) is 0 Å². The highest BCUT2D eigenvalue weighted by Gasteiger charge is 2.14. The fraction of sp³-hybridized carbons (Fsp3) is 0.364. The number of hydrogen-bond acceptors (Lipinski definition) is 8. The number of rotatable bonds is 14. The number of carbonyl (C=O) groups excluding carboxylic acids is 2. The van der Waals surface area contributed by atoms with Crippen molar-refractivity contribution in [1.29, 1.82) is 0 Å². The van der Waals surface area contributed by atoms with Crippen molar-refractivity contribution in [2.45, 2.75) is 13.3 Å². The topological polar surface area (TPSA) is 106 Å². The van der Waals surface area contributed by atoms with Gasteiger partial charge in [-0.2, -0.15) is 17.6 Å². The molecule has 9 nitrogen and oxygen atoms in total. The quantitative estimate of drug-likeness (QED) is 0.160. The van der Waals surface area contributed by atoms with Crippen LogP contribution in [-0.4, -0.2) is 65.5 Å². The Morgan fingerprint density at radius 1 is 1.27 bits per heavy atom. The monoisotopic (exact) mass is 493 g/mol. The molecular formula is C22H28ClN5O4S. The van der Waals surface area contributed by atoms with Crippen LogP contribution >= 0.6 is 24.2 Å². The normalized spacial score (nSPS) is 10.4. The number of benzene rings is 1. The smallest absolute Gasteiger partial charge is 0.254 e. The van der Waals surface area contributed by atoms with Crippen molar-refractivity contribution >= 4 is 47.7 Å². The minimum absolute atomic E-state index is 0.153. The van der Waals surface area contributed by atoms with E-state index < -0.39 is 0 Å². The van der Waals surface area contributed by atoms with Crippen LogP contribution in [0, 0.1) is 0 Å². The average molecular weight is 494 g/mol. The maximum Gasteiger partial charge on any atom is 0.254 e. The molecule has 0 aliphatic heterocycles.